The van der Waals surface area contributed by atoms with Crippen LogP contribution in [0.15, 0.2) is 46.7 Å². The van der Waals surface area contributed by atoms with Crippen molar-refractivity contribution in [1.82, 2.24) is 9.97 Å². The molecular weight excluding hydrogens is 275 g/mol. The SMILES string of the molecule is N#Cc1cc(Sc2ncccn2)ccc1C(F)(F)F. The van der Waals surface area contributed by atoms with E-state index in [4.69, 9.17) is 5.26 Å². The first kappa shape index (κ1) is 13.4. The van der Waals surface area contributed by atoms with Crippen LogP contribution in [0.4, 0.5) is 13.2 Å². The van der Waals surface area contributed by atoms with Gasteiger partial charge in [-0.15, -0.1) is 0 Å². The maximum absolute atomic E-state index is 12.6. The molecule has 0 fully saturated rings. The third kappa shape index (κ3) is 3.23. The van der Waals surface area contributed by atoms with Crippen LogP contribution in [0.3, 0.4) is 0 Å². The lowest BCUT2D eigenvalue weighted by molar-refractivity contribution is -0.137. The van der Waals surface area contributed by atoms with Gasteiger partial charge >= 0.3 is 6.18 Å². The summed E-state index contributed by atoms with van der Waals surface area (Å²) >= 11 is 1.10. The van der Waals surface area contributed by atoms with Crippen molar-refractivity contribution < 1.29 is 13.2 Å². The van der Waals surface area contributed by atoms with Crippen LogP contribution in [0, 0.1) is 11.3 Å². The van der Waals surface area contributed by atoms with Gasteiger partial charge in [0.15, 0.2) is 5.16 Å². The molecule has 3 nitrogen and oxygen atoms in total. The molecule has 0 aliphatic heterocycles. The van der Waals surface area contributed by atoms with E-state index >= 15 is 0 Å². The molecule has 0 spiro atoms. The van der Waals surface area contributed by atoms with Crippen molar-refractivity contribution in [3.05, 3.63) is 47.8 Å². The minimum atomic E-state index is -4.53. The first-order chi connectivity index (χ1) is 9.00. The van der Waals surface area contributed by atoms with Crippen LogP contribution in [-0.2, 0) is 6.18 Å². The Morgan fingerprint density at radius 2 is 1.84 bits per heavy atom. The Hall–Kier alpha value is -2.07. The quantitative estimate of drug-likeness (QED) is 0.790. The number of hydrogen-bond acceptors (Lipinski definition) is 4. The van der Waals surface area contributed by atoms with Gasteiger partial charge in [0.05, 0.1) is 17.2 Å². The van der Waals surface area contributed by atoms with Crippen LogP contribution in [0.25, 0.3) is 0 Å². The molecule has 7 heteroatoms. The second-order valence-electron chi connectivity index (χ2n) is 3.45. The summed E-state index contributed by atoms with van der Waals surface area (Å²) < 4.78 is 37.8. The zero-order valence-corrected chi connectivity index (χ0v) is 10.2. The molecule has 0 saturated heterocycles. The van der Waals surface area contributed by atoms with Crippen LogP contribution in [0.5, 0.6) is 0 Å². The maximum Gasteiger partial charge on any atom is 0.417 e. The third-order valence-corrected chi connectivity index (χ3v) is 3.05. The van der Waals surface area contributed by atoms with Crippen molar-refractivity contribution in [2.45, 2.75) is 16.2 Å². The molecule has 0 unspecified atom stereocenters. The van der Waals surface area contributed by atoms with Crippen molar-refractivity contribution in [3.8, 4) is 6.07 Å². The van der Waals surface area contributed by atoms with Crippen LogP contribution >= 0.6 is 11.8 Å². The van der Waals surface area contributed by atoms with E-state index in [0.717, 1.165) is 17.8 Å². The van der Waals surface area contributed by atoms with Crippen molar-refractivity contribution in [3.63, 3.8) is 0 Å². The second-order valence-corrected chi connectivity index (χ2v) is 4.49. The predicted octanol–water partition coefficient (Wildman–Crippen LogP) is 3.52. The minimum absolute atomic E-state index is 0.408. The molecular formula is C12H6F3N3S. The van der Waals surface area contributed by atoms with E-state index in [-0.39, 0.29) is 0 Å². The van der Waals surface area contributed by atoms with Gasteiger partial charge in [-0.2, -0.15) is 18.4 Å². The van der Waals surface area contributed by atoms with E-state index in [9.17, 15) is 13.2 Å². The van der Waals surface area contributed by atoms with Crippen molar-refractivity contribution in [1.29, 1.82) is 5.26 Å². The molecule has 19 heavy (non-hydrogen) atoms. The van der Waals surface area contributed by atoms with E-state index in [1.54, 1.807) is 12.1 Å². The normalized spacial score (nSPS) is 11.1. The van der Waals surface area contributed by atoms with Gasteiger partial charge in [-0.1, -0.05) is 0 Å². The highest BCUT2D eigenvalue weighted by Gasteiger charge is 2.33. The molecule has 96 valence electrons. The average Bonchev–Trinajstić information content (AvgIpc) is 2.38. The van der Waals surface area contributed by atoms with Gasteiger partial charge in [0.1, 0.15) is 0 Å². The predicted molar refractivity (Wildman–Crippen MR) is 62.3 cm³/mol. The van der Waals surface area contributed by atoms with E-state index < -0.39 is 17.3 Å². The number of hydrogen-bond donors (Lipinski definition) is 0. The summed E-state index contributed by atoms with van der Waals surface area (Å²) in [6.07, 6.45) is -1.47. The fraction of sp³-hybridized carbons (Fsp3) is 0.0833. The molecule has 0 bridgehead atoms. The lowest BCUT2D eigenvalue weighted by atomic mass is 10.1. The van der Waals surface area contributed by atoms with Gasteiger partial charge in [0, 0.05) is 17.3 Å². The van der Waals surface area contributed by atoms with Gasteiger partial charge < -0.3 is 0 Å². The van der Waals surface area contributed by atoms with E-state index in [1.165, 1.54) is 24.5 Å². The summed E-state index contributed by atoms with van der Waals surface area (Å²) in [6, 6.07) is 6.56. The van der Waals surface area contributed by atoms with Crippen LogP contribution < -0.4 is 0 Å². The maximum atomic E-state index is 12.6. The Morgan fingerprint density at radius 1 is 1.16 bits per heavy atom. The molecule has 2 aromatic rings. The summed E-state index contributed by atoms with van der Waals surface area (Å²) in [5.41, 5.74) is -1.35. The van der Waals surface area contributed by atoms with E-state index in [1.807, 2.05) is 0 Å². The zero-order chi connectivity index (χ0) is 13.9. The van der Waals surface area contributed by atoms with Gasteiger partial charge in [-0.25, -0.2) is 9.97 Å². The lowest BCUT2D eigenvalue weighted by Crippen LogP contribution is -2.07. The molecule has 1 aromatic heterocycles. The number of nitriles is 1. The third-order valence-electron chi connectivity index (χ3n) is 2.17. The number of aromatic nitrogens is 2. The van der Waals surface area contributed by atoms with Gasteiger partial charge in [0.2, 0.25) is 0 Å². The van der Waals surface area contributed by atoms with Crippen molar-refractivity contribution in [2.24, 2.45) is 0 Å². The Bertz CT molecular complexity index is 620. The zero-order valence-electron chi connectivity index (χ0n) is 9.35. The first-order valence-electron chi connectivity index (χ1n) is 5.07. The second kappa shape index (κ2) is 5.28. The standard InChI is InChI=1S/C12H6F3N3S/c13-12(14,15)10-3-2-9(6-8(10)7-16)19-11-17-4-1-5-18-11/h1-6H. The number of halogens is 3. The molecule has 2 rings (SSSR count). The van der Waals surface area contributed by atoms with Gasteiger partial charge in [-0.05, 0) is 36.0 Å². The number of nitrogens with zero attached hydrogens (tertiary/aromatic N) is 3. The molecule has 0 saturated carbocycles. The van der Waals surface area contributed by atoms with E-state index in [0.29, 0.717) is 10.1 Å². The minimum Gasteiger partial charge on any atom is -0.231 e. The summed E-state index contributed by atoms with van der Waals surface area (Å²) in [4.78, 5) is 8.38. The van der Waals surface area contributed by atoms with Crippen molar-refractivity contribution in [2.75, 3.05) is 0 Å². The van der Waals surface area contributed by atoms with Crippen molar-refractivity contribution >= 4 is 11.8 Å². The largest absolute Gasteiger partial charge is 0.417 e. The highest BCUT2D eigenvalue weighted by atomic mass is 32.2. The topological polar surface area (TPSA) is 49.6 Å². The number of benzene rings is 1. The number of alkyl halides is 3. The molecule has 0 radical (unpaired) electrons. The monoisotopic (exact) mass is 281 g/mol. The molecule has 0 atom stereocenters. The molecule has 0 N–H and O–H groups in total. The van der Waals surface area contributed by atoms with Crippen LogP contribution in [0.2, 0.25) is 0 Å². The highest BCUT2D eigenvalue weighted by molar-refractivity contribution is 7.99. The molecule has 0 aliphatic rings. The Morgan fingerprint density at radius 3 is 2.42 bits per heavy atom. The van der Waals surface area contributed by atoms with E-state index in [2.05, 4.69) is 9.97 Å². The lowest BCUT2D eigenvalue weighted by Gasteiger charge is -2.09. The van der Waals surface area contributed by atoms with Gasteiger partial charge in [0.25, 0.3) is 0 Å². The average molecular weight is 281 g/mol. The molecule has 0 aliphatic carbocycles. The van der Waals surface area contributed by atoms with Crippen LogP contribution in [-0.4, -0.2) is 9.97 Å². The fourth-order valence-electron chi connectivity index (χ4n) is 1.37. The van der Waals surface area contributed by atoms with Gasteiger partial charge in [-0.3, -0.25) is 0 Å². The first-order valence-corrected chi connectivity index (χ1v) is 5.88. The van der Waals surface area contributed by atoms with Crippen LogP contribution in [0.1, 0.15) is 11.1 Å². The molecule has 0 amide bonds. The summed E-state index contributed by atoms with van der Waals surface area (Å²) in [5.74, 6) is 0. The Balaban J connectivity index is 2.33. The summed E-state index contributed by atoms with van der Waals surface area (Å²) in [5, 5.41) is 9.19. The summed E-state index contributed by atoms with van der Waals surface area (Å²) in [6.45, 7) is 0. The fourth-order valence-corrected chi connectivity index (χ4v) is 2.12. The Labute approximate surface area is 111 Å². The molecule has 1 aromatic carbocycles. The smallest absolute Gasteiger partial charge is 0.231 e. The highest BCUT2D eigenvalue weighted by Crippen LogP contribution is 2.34. The summed E-state index contributed by atoms with van der Waals surface area (Å²) in [7, 11) is 0. The number of rotatable bonds is 2. The molecule has 1 heterocycles. The Kier molecular flexibility index (Phi) is 3.71.